The van der Waals surface area contributed by atoms with Crippen LogP contribution in [0.25, 0.3) is 0 Å². The first-order chi connectivity index (χ1) is 13.6. The van der Waals surface area contributed by atoms with E-state index in [9.17, 15) is 4.79 Å². The van der Waals surface area contributed by atoms with E-state index in [1.54, 1.807) is 24.3 Å². The fourth-order valence-electron chi connectivity index (χ4n) is 4.40. The van der Waals surface area contributed by atoms with E-state index in [2.05, 4.69) is 22.3 Å². The number of piperidine rings is 1. The van der Waals surface area contributed by atoms with Crippen LogP contribution < -0.4 is 10.1 Å². The number of hydrogen-bond acceptors (Lipinski definition) is 3. The number of ether oxygens (including phenoxy) is 1. The van der Waals surface area contributed by atoms with Crippen LogP contribution in [-0.2, 0) is 11.3 Å². The number of nitrogens with one attached hydrogen (secondary N) is 1. The zero-order valence-electron chi connectivity index (χ0n) is 15.6. The lowest BCUT2D eigenvalue weighted by Gasteiger charge is -2.39. The van der Waals surface area contributed by atoms with Crippen molar-refractivity contribution in [3.05, 3.63) is 64.1 Å². The lowest BCUT2D eigenvalue weighted by Crippen LogP contribution is -2.50. The highest BCUT2D eigenvalue weighted by Crippen LogP contribution is 2.37. The third-order valence-corrected chi connectivity index (χ3v) is 6.22. The van der Waals surface area contributed by atoms with E-state index in [4.69, 9.17) is 27.9 Å². The molecule has 1 amide bonds. The molecule has 2 aromatic rings. The van der Waals surface area contributed by atoms with Crippen LogP contribution in [0.2, 0.25) is 10.0 Å². The molecule has 1 unspecified atom stereocenters. The van der Waals surface area contributed by atoms with Gasteiger partial charge in [0.2, 0.25) is 0 Å². The van der Waals surface area contributed by atoms with E-state index in [0.29, 0.717) is 22.9 Å². The average Bonchev–Trinajstić information content (AvgIpc) is 2.91. The van der Waals surface area contributed by atoms with Gasteiger partial charge in [0.1, 0.15) is 5.75 Å². The Bertz CT molecular complexity index is 796. The minimum atomic E-state index is -0.0644. The molecule has 2 fully saturated rings. The van der Waals surface area contributed by atoms with Crippen molar-refractivity contribution in [2.45, 2.75) is 50.4 Å². The summed E-state index contributed by atoms with van der Waals surface area (Å²) in [5.74, 6) is 0.586. The molecule has 2 aliphatic heterocycles. The number of hydrogen-bond donors (Lipinski definition) is 1. The maximum absolute atomic E-state index is 12.3. The van der Waals surface area contributed by atoms with Crippen LogP contribution in [0.15, 0.2) is 48.5 Å². The van der Waals surface area contributed by atoms with Crippen molar-refractivity contribution >= 4 is 29.1 Å². The minimum absolute atomic E-state index is 0.0297. The van der Waals surface area contributed by atoms with Crippen LogP contribution in [0.5, 0.6) is 5.75 Å². The zero-order chi connectivity index (χ0) is 19.5. The van der Waals surface area contributed by atoms with E-state index in [0.717, 1.165) is 24.4 Å². The van der Waals surface area contributed by atoms with E-state index in [1.807, 2.05) is 12.1 Å². The van der Waals surface area contributed by atoms with Gasteiger partial charge in [0, 0.05) is 34.7 Å². The van der Waals surface area contributed by atoms with Crippen LogP contribution in [-0.4, -0.2) is 35.5 Å². The van der Waals surface area contributed by atoms with Crippen molar-refractivity contribution in [1.29, 1.82) is 0 Å². The molecule has 2 saturated heterocycles. The predicted octanol–water partition coefficient (Wildman–Crippen LogP) is 4.68. The standard InChI is InChI=1S/C22H24Cl2N2O2/c23-16-3-1-15(2-4-16)13-26-19-7-8-20(26)12-18(11-19)25-22(27)14-28-21-9-5-17(24)6-10-21/h1-6,9-10,18-20H,7-8,11-14H2,(H,25,27)/t18?,19-,20+. The summed E-state index contributed by atoms with van der Waals surface area (Å²) in [5, 5.41) is 4.58. The van der Waals surface area contributed by atoms with Crippen molar-refractivity contribution in [2.75, 3.05) is 6.61 Å². The monoisotopic (exact) mass is 418 g/mol. The second-order valence-electron chi connectivity index (χ2n) is 7.66. The predicted molar refractivity (Wildman–Crippen MR) is 112 cm³/mol. The van der Waals surface area contributed by atoms with Gasteiger partial charge in [-0.15, -0.1) is 0 Å². The topological polar surface area (TPSA) is 41.6 Å². The van der Waals surface area contributed by atoms with Gasteiger partial charge in [-0.3, -0.25) is 9.69 Å². The number of carbonyl (C=O) groups excluding carboxylic acids is 1. The van der Waals surface area contributed by atoms with Crippen molar-refractivity contribution in [2.24, 2.45) is 0 Å². The maximum atomic E-state index is 12.3. The first-order valence-corrected chi connectivity index (χ1v) is 10.5. The lowest BCUT2D eigenvalue weighted by molar-refractivity contribution is -0.124. The molecule has 28 heavy (non-hydrogen) atoms. The first-order valence-electron chi connectivity index (χ1n) is 9.75. The molecular formula is C22H24Cl2N2O2. The first kappa shape index (κ1) is 19.6. The molecule has 0 radical (unpaired) electrons. The quantitative estimate of drug-likeness (QED) is 0.739. The Morgan fingerprint density at radius 2 is 1.54 bits per heavy atom. The molecule has 1 N–H and O–H groups in total. The van der Waals surface area contributed by atoms with E-state index < -0.39 is 0 Å². The van der Waals surface area contributed by atoms with Crippen LogP contribution in [0.3, 0.4) is 0 Å². The molecule has 0 aromatic heterocycles. The molecular weight excluding hydrogens is 395 g/mol. The number of nitrogens with zero attached hydrogens (tertiary/aromatic N) is 1. The molecule has 148 valence electrons. The Labute approximate surface area is 175 Å². The zero-order valence-corrected chi connectivity index (χ0v) is 17.1. The molecule has 6 heteroatoms. The smallest absolute Gasteiger partial charge is 0.258 e. The van der Waals surface area contributed by atoms with E-state index in [1.165, 1.54) is 18.4 Å². The van der Waals surface area contributed by atoms with Crippen molar-refractivity contribution in [1.82, 2.24) is 10.2 Å². The summed E-state index contributed by atoms with van der Waals surface area (Å²) < 4.78 is 5.55. The van der Waals surface area contributed by atoms with Crippen LogP contribution in [0, 0.1) is 0 Å². The molecule has 0 spiro atoms. The second-order valence-corrected chi connectivity index (χ2v) is 8.54. The highest BCUT2D eigenvalue weighted by Gasteiger charge is 2.40. The van der Waals surface area contributed by atoms with Gasteiger partial charge in [0.25, 0.3) is 5.91 Å². The molecule has 2 aliphatic rings. The van der Waals surface area contributed by atoms with E-state index in [-0.39, 0.29) is 18.6 Å². The third-order valence-electron chi connectivity index (χ3n) is 5.71. The van der Waals surface area contributed by atoms with Crippen LogP contribution >= 0.6 is 23.2 Å². The molecule has 4 nitrogen and oxygen atoms in total. The van der Waals surface area contributed by atoms with Gasteiger partial charge < -0.3 is 10.1 Å². The summed E-state index contributed by atoms with van der Waals surface area (Å²) in [7, 11) is 0. The largest absolute Gasteiger partial charge is 0.484 e. The van der Waals surface area contributed by atoms with Crippen LogP contribution in [0.1, 0.15) is 31.2 Å². The van der Waals surface area contributed by atoms with Gasteiger partial charge >= 0.3 is 0 Å². The number of amides is 1. The van der Waals surface area contributed by atoms with Crippen LogP contribution in [0.4, 0.5) is 0 Å². The second kappa shape index (κ2) is 8.73. The number of halogens is 2. The number of rotatable bonds is 6. The normalized spacial score (nSPS) is 24.1. The van der Waals surface area contributed by atoms with Gasteiger partial charge in [-0.05, 0) is 67.6 Å². The summed E-state index contributed by atoms with van der Waals surface area (Å²) in [6.45, 7) is 0.981. The SMILES string of the molecule is O=C(COc1ccc(Cl)cc1)NC1C[C@H]2CC[C@@H](C1)N2Cc1ccc(Cl)cc1. The van der Waals surface area contributed by atoms with Gasteiger partial charge in [0.15, 0.2) is 6.61 Å². The Morgan fingerprint density at radius 3 is 2.14 bits per heavy atom. The van der Waals surface area contributed by atoms with Crippen molar-refractivity contribution in [3.63, 3.8) is 0 Å². The molecule has 2 bridgehead atoms. The van der Waals surface area contributed by atoms with E-state index >= 15 is 0 Å². The molecule has 2 aromatic carbocycles. The summed E-state index contributed by atoms with van der Waals surface area (Å²) >= 11 is 11.9. The maximum Gasteiger partial charge on any atom is 0.258 e. The summed E-state index contributed by atoms with van der Waals surface area (Å²) in [5.41, 5.74) is 1.29. The molecule has 3 atom stereocenters. The van der Waals surface area contributed by atoms with Crippen molar-refractivity contribution < 1.29 is 9.53 Å². The van der Waals surface area contributed by atoms with Gasteiger partial charge in [0.05, 0.1) is 0 Å². The Kier molecular flexibility index (Phi) is 6.10. The fraction of sp³-hybridized carbons (Fsp3) is 0.409. The molecule has 0 aliphatic carbocycles. The fourth-order valence-corrected chi connectivity index (χ4v) is 4.65. The average molecular weight is 419 g/mol. The Morgan fingerprint density at radius 1 is 0.964 bits per heavy atom. The summed E-state index contributed by atoms with van der Waals surface area (Å²) in [4.78, 5) is 14.9. The summed E-state index contributed by atoms with van der Waals surface area (Å²) in [6.07, 6.45) is 4.39. The van der Waals surface area contributed by atoms with Gasteiger partial charge in [-0.2, -0.15) is 0 Å². The summed E-state index contributed by atoms with van der Waals surface area (Å²) in [6, 6.07) is 16.4. The molecule has 4 rings (SSSR count). The molecule has 2 heterocycles. The number of fused-ring (bicyclic) bond motifs is 2. The highest BCUT2D eigenvalue weighted by molar-refractivity contribution is 6.30. The number of benzene rings is 2. The Hall–Kier alpha value is -1.75. The lowest BCUT2D eigenvalue weighted by atomic mass is 9.96. The Balaban J connectivity index is 1.27. The van der Waals surface area contributed by atoms with Crippen molar-refractivity contribution in [3.8, 4) is 5.75 Å². The number of carbonyl (C=O) groups is 1. The highest BCUT2D eigenvalue weighted by atomic mass is 35.5. The minimum Gasteiger partial charge on any atom is -0.484 e. The van der Waals surface area contributed by atoms with Gasteiger partial charge in [-0.1, -0.05) is 35.3 Å². The third kappa shape index (κ3) is 4.80. The molecule has 0 saturated carbocycles. The van der Waals surface area contributed by atoms with Gasteiger partial charge in [-0.25, -0.2) is 0 Å².